The number of aliphatic hydroxyl groups is 1. The van der Waals surface area contributed by atoms with Crippen molar-refractivity contribution in [3.8, 4) is 0 Å². The number of rotatable bonds is 2. The molecule has 0 saturated carbocycles. The smallest absolute Gasteiger partial charge is 0.381 e. The average Bonchev–Trinajstić information content (AvgIpc) is 2.83. The molecule has 2 aromatic rings. The van der Waals surface area contributed by atoms with Crippen LogP contribution in [0.3, 0.4) is 0 Å². The lowest BCUT2D eigenvalue weighted by Crippen LogP contribution is -2.10. The van der Waals surface area contributed by atoms with Crippen molar-refractivity contribution in [1.29, 1.82) is 0 Å². The Balaban J connectivity index is 2.38. The lowest BCUT2D eigenvalue weighted by Gasteiger charge is -2.11. The second-order valence-electron chi connectivity index (χ2n) is 3.47. The maximum absolute atomic E-state index is 12.6. The standard InChI is InChI=1S/C10H8F3NOS2/c1-5-2-17-9(14-5)8(15)6-3-16-4-7(6)10(11,12)13/h2-4,8,15H,1H3. The topological polar surface area (TPSA) is 33.1 Å². The van der Waals surface area contributed by atoms with Gasteiger partial charge in [0.2, 0.25) is 0 Å². The van der Waals surface area contributed by atoms with Gasteiger partial charge in [0, 0.05) is 22.0 Å². The fraction of sp³-hybridized carbons (Fsp3) is 0.300. The molecule has 0 radical (unpaired) electrons. The first kappa shape index (κ1) is 12.5. The first-order valence-electron chi connectivity index (χ1n) is 4.63. The number of hydrogen-bond acceptors (Lipinski definition) is 4. The molecule has 0 spiro atoms. The second kappa shape index (κ2) is 4.40. The number of aliphatic hydroxyl groups excluding tert-OH is 1. The monoisotopic (exact) mass is 279 g/mol. The third kappa shape index (κ3) is 2.51. The molecule has 1 atom stereocenters. The molecular weight excluding hydrogens is 271 g/mol. The molecule has 2 aromatic heterocycles. The number of aromatic nitrogens is 1. The molecule has 1 unspecified atom stereocenters. The summed E-state index contributed by atoms with van der Waals surface area (Å²) in [7, 11) is 0. The molecule has 0 aliphatic carbocycles. The normalized spacial score (nSPS) is 13.9. The highest BCUT2D eigenvalue weighted by Gasteiger charge is 2.36. The summed E-state index contributed by atoms with van der Waals surface area (Å²) < 4.78 is 37.9. The van der Waals surface area contributed by atoms with Gasteiger partial charge in [-0.05, 0) is 12.3 Å². The van der Waals surface area contributed by atoms with Gasteiger partial charge in [-0.2, -0.15) is 24.5 Å². The summed E-state index contributed by atoms with van der Waals surface area (Å²) in [6.07, 6.45) is -5.75. The highest BCUT2D eigenvalue weighted by molar-refractivity contribution is 7.10. The quantitative estimate of drug-likeness (QED) is 0.911. The number of thiazole rings is 1. The minimum absolute atomic E-state index is 0.128. The van der Waals surface area contributed by atoms with Crippen LogP contribution in [0.25, 0.3) is 0 Å². The van der Waals surface area contributed by atoms with Crippen LogP contribution in [-0.2, 0) is 6.18 Å². The Morgan fingerprint density at radius 3 is 2.53 bits per heavy atom. The summed E-state index contributed by atoms with van der Waals surface area (Å²) in [5.74, 6) is 0. The number of thiophene rings is 1. The Bertz CT molecular complexity index is 518. The maximum atomic E-state index is 12.6. The lowest BCUT2D eigenvalue weighted by molar-refractivity contribution is -0.138. The van der Waals surface area contributed by atoms with Gasteiger partial charge in [0.1, 0.15) is 11.1 Å². The van der Waals surface area contributed by atoms with E-state index >= 15 is 0 Å². The Hall–Kier alpha value is -0.920. The predicted molar refractivity (Wildman–Crippen MR) is 60.2 cm³/mol. The molecule has 0 bridgehead atoms. The van der Waals surface area contributed by atoms with Gasteiger partial charge in [0.25, 0.3) is 0 Å². The molecule has 92 valence electrons. The van der Waals surface area contributed by atoms with Gasteiger partial charge in [0.15, 0.2) is 0 Å². The van der Waals surface area contributed by atoms with Gasteiger partial charge < -0.3 is 5.11 Å². The molecule has 0 aliphatic rings. The van der Waals surface area contributed by atoms with E-state index in [1.165, 1.54) is 5.38 Å². The second-order valence-corrected chi connectivity index (χ2v) is 5.10. The van der Waals surface area contributed by atoms with E-state index in [0.29, 0.717) is 5.69 Å². The minimum Gasteiger partial charge on any atom is -0.381 e. The fourth-order valence-corrected chi connectivity index (χ4v) is 3.05. The first-order chi connectivity index (χ1) is 7.89. The summed E-state index contributed by atoms with van der Waals surface area (Å²) in [4.78, 5) is 4.00. The fourth-order valence-electron chi connectivity index (χ4n) is 1.38. The molecule has 1 N–H and O–H groups in total. The van der Waals surface area contributed by atoms with Crippen molar-refractivity contribution < 1.29 is 18.3 Å². The third-order valence-electron chi connectivity index (χ3n) is 2.16. The number of nitrogens with zero attached hydrogens (tertiary/aromatic N) is 1. The van der Waals surface area contributed by atoms with Gasteiger partial charge >= 0.3 is 6.18 Å². The molecule has 0 aromatic carbocycles. The van der Waals surface area contributed by atoms with Gasteiger partial charge in [0.05, 0.1) is 5.56 Å². The van der Waals surface area contributed by atoms with Crippen molar-refractivity contribution in [3.05, 3.63) is 38.0 Å². The zero-order chi connectivity index (χ0) is 12.6. The molecule has 0 saturated heterocycles. The van der Waals surface area contributed by atoms with Crippen LogP contribution in [0.4, 0.5) is 13.2 Å². The maximum Gasteiger partial charge on any atom is 0.417 e. The highest BCUT2D eigenvalue weighted by atomic mass is 32.1. The summed E-state index contributed by atoms with van der Waals surface area (Å²) in [6.45, 7) is 1.73. The summed E-state index contributed by atoms with van der Waals surface area (Å²) in [5.41, 5.74) is -0.229. The lowest BCUT2D eigenvalue weighted by atomic mass is 10.1. The van der Waals surface area contributed by atoms with Gasteiger partial charge in [-0.1, -0.05) is 0 Å². The van der Waals surface area contributed by atoms with Crippen molar-refractivity contribution in [2.75, 3.05) is 0 Å². The highest BCUT2D eigenvalue weighted by Crippen LogP contribution is 2.39. The molecule has 2 rings (SSSR count). The van der Waals surface area contributed by atoms with E-state index in [1.807, 2.05) is 0 Å². The SMILES string of the molecule is Cc1csc(C(O)c2cscc2C(F)(F)F)n1. The summed E-state index contributed by atoms with van der Waals surface area (Å²) in [6, 6.07) is 0. The van der Waals surface area contributed by atoms with E-state index in [0.717, 1.165) is 28.1 Å². The van der Waals surface area contributed by atoms with Crippen molar-refractivity contribution in [1.82, 2.24) is 4.98 Å². The summed E-state index contributed by atoms with van der Waals surface area (Å²) >= 11 is 2.07. The van der Waals surface area contributed by atoms with Crippen LogP contribution in [0.1, 0.15) is 27.9 Å². The van der Waals surface area contributed by atoms with Crippen molar-refractivity contribution in [3.63, 3.8) is 0 Å². The molecular formula is C10H8F3NOS2. The predicted octanol–water partition coefficient (Wildman–Crippen LogP) is 3.61. The van der Waals surface area contributed by atoms with Crippen LogP contribution in [0.15, 0.2) is 16.1 Å². The molecule has 0 aliphatic heterocycles. The Kier molecular flexibility index (Phi) is 3.24. The molecule has 2 heterocycles. The number of halogens is 3. The van der Waals surface area contributed by atoms with Crippen LogP contribution >= 0.6 is 22.7 Å². The van der Waals surface area contributed by atoms with E-state index in [-0.39, 0.29) is 10.6 Å². The van der Waals surface area contributed by atoms with Gasteiger partial charge in [-0.15, -0.1) is 11.3 Å². The van der Waals surface area contributed by atoms with Gasteiger partial charge in [-0.3, -0.25) is 0 Å². The van der Waals surface area contributed by atoms with Crippen LogP contribution in [0.2, 0.25) is 0 Å². The Morgan fingerprint density at radius 1 is 1.29 bits per heavy atom. The zero-order valence-electron chi connectivity index (χ0n) is 8.65. The van der Waals surface area contributed by atoms with Crippen LogP contribution in [-0.4, -0.2) is 10.1 Å². The van der Waals surface area contributed by atoms with E-state index in [2.05, 4.69) is 4.98 Å². The van der Waals surface area contributed by atoms with Crippen LogP contribution in [0.5, 0.6) is 0 Å². The molecule has 2 nitrogen and oxygen atoms in total. The minimum atomic E-state index is -4.44. The van der Waals surface area contributed by atoms with Gasteiger partial charge in [-0.25, -0.2) is 4.98 Å². The molecule has 0 amide bonds. The molecule has 0 fully saturated rings. The number of aryl methyl sites for hydroxylation is 1. The van der Waals surface area contributed by atoms with Crippen LogP contribution < -0.4 is 0 Å². The van der Waals surface area contributed by atoms with E-state index in [4.69, 9.17) is 0 Å². The third-order valence-corrected chi connectivity index (χ3v) is 3.94. The van der Waals surface area contributed by atoms with E-state index in [9.17, 15) is 18.3 Å². The zero-order valence-corrected chi connectivity index (χ0v) is 10.3. The summed E-state index contributed by atoms with van der Waals surface area (Å²) in [5, 5.41) is 14.2. The van der Waals surface area contributed by atoms with E-state index < -0.39 is 17.8 Å². The Labute approximate surface area is 103 Å². The number of alkyl halides is 3. The first-order valence-corrected chi connectivity index (χ1v) is 6.45. The van der Waals surface area contributed by atoms with Crippen molar-refractivity contribution >= 4 is 22.7 Å². The number of hydrogen-bond donors (Lipinski definition) is 1. The molecule has 17 heavy (non-hydrogen) atoms. The van der Waals surface area contributed by atoms with Crippen LogP contribution in [0, 0.1) is 6.92 Å². The Morgan fingerprint density at radius 2 is 2.00 bits per heavy atom. The average molecular weight is 279 g/mol. The largest absolute Gasteiger partial charge is 0.417 e. The van der Waals surface area contributed by atoms with E-state index in [1.54, 1.807) is 12.3 Å². The molecule has 7 heteroatoms. The van der Waals surface area contributed by atoms with Crippen molar-refractivity contribution in [2.45, 2.75) is 19.2 Å². The van der Waals surface area contributed by atoms with Crippen molar-refractivity contribution in [2.24, 2.45) is 0 Å².